The van der Waals surface area contributed by atoms with Crippen molar-refractivity contribution in [3.63, 3.8) is 0 Å². The minimum Gasteiger partial charge on any atom is -0.378 e. The van der Waals surface area contributed by atoms with Gasteiger partial charge in [0.15, 0.2) is 0 Å². The van der Waals surface area contributed by atoms with Crippen LogP contribution in [0.3, 0.4) is 0 Å². The number of nitrogen functional groups attached to an aromatic ring is 1. The van der Waals surface area contributed by atoms with Gasteiger partial charge in [-0.2, -0.15) is 0 Å². The fourth-order valence-electron chi connectivity index (χ4n) is 1.90. The summed E-state index contributed by atoms with van der Waals surface area (Å²) in [5.74, 6) is 0.799. The van der Waals surface area contributed by atoms with Gasteiger partial charge in [-0.3, -0.25) is 10.1 Å². The van der Waals surface area contributed by atoms with Gasteiger partial charge in [-0.05, 0) is 25.7 Å². The molecular weight excluding hydrogens is 222 g/mol. The second-order valence-corrected chi connectivity index (χ2v) is 4.38. The summed E-state index contributed by atoms with van der Waals surface area (Å²) >= 11 is 0. The Bertz CT molecular complexity index is 446. The van der Waals surface area contributed by atoms with E-state index < -0.39 is 4.92 Å². The van der Waals surface area contributed by atoms with Gasteiger partial charge in [0.05, 0.1) is 4.92 Å². The van der Waals surface area contributed by atoms with Gasteiger partial charge in [0, 0.05) is 13.1 Å². The van der Waals surface area contributed by atoms with E-state index in [1.165, 1.54) is 19.2 Å². The number of rotatable bonds is 4. The zero-order chi connectivity index (χ0) is 12.6. The first-order chi connectivity index (χ1) is 8.02. The van der Waals surface area contributed by atoms with Gasteiger partial charge in [-0.1, -0.05) is 0 Å². The van der Waals surface area contributed by atoms with Crippen molar-refractivity contribution >= 4 is 17.3 Å². The summed E-state index contributed by atoms with van der Waals surface area (Å²) in [5.41, 5.74) is 5.33. The molecule has 0 spiro atoms. The summed E-state index contributed by atoms with van der Waals surface area (Å²) in [7, 11) is 1.80. The molecule has 1 aromatic rings. The molecule has 0 saturated heterocycles. The third-order valence-corrected chi connectivity index (χ3v) is 3.26. The van der Waals surface area contributed by atoms with Gasteiger partial charge in [0.25, 0.3) is 0 Å². The highest BCUT2D eigenvalue weighted by Crippen LogP contribution is 2.38. The van der Waals surface area contributed by atoms with Crippen molar-refractivity contribution in [2.24, 2.45) is 5.92 Å². The van der Waals surface area contributed by atoms with Crippen LogP contribution in [-0.4, -0.2) is 28.0 Å². The maximum atomic E-state index is 11.0. The predicted molar refractivity (Wildman–Crippen MR) is 63.7 cm³/mol. The second kappa shape index (κ2) is 4.15. The van der Waals surface area contributed by atoms with Crippen LogP contribution in [0.2, 0.25) is 0 Å². The van der Waals surface area contributed by atoms with E-state index in [9.17, 15) is 10.1 Å². The molecule has 2 N–H and O–H groups in total. The standard InChI is InChI=1S/C10H15N5O2/c1-6(7-3-4-7)14(2)10-8(15(16)17)9(11)12-5-13-10/h5-7H,3-4H2,1-2H3,(H2,11,12,13). The Morgan fingerprint density at radius 2 is 2.24 bits per heavy atom. The molecule has 1 atom stereocenters. The van der Waals surface area contributed by atoms with E-state index in [4.69, 9.17) is 5.73 Å². The van der Waals surface area contributed by atoms with Crippen molar-refractivity contribution in [2.45, 2.75) is 25.8 Å². The van der Waals surface area contributed by atoms with Gasteiger partial charge in [0.2, 0.25) is 11.6 Å². The molecule has 1 heterocycles. The number of hydrogen-bond donors (Lipinski definition) is 1. The molecule has 17 heavy (non-hydrogen) atoms. The van der Waals surface area contributed by atoms with Gasteiger partial charge in [-0.25, -0.2) is 9.97 Å². The topological polar surface area (TPSA) is 98.2 Å². The third-order valence-electron chi connectivity index (χ3n) is 3.26. The first kappa shape index (κ1) is 11.6. The molecule has 0 radical (unpaired) electrons. The van der Waals surface area contributed by atoms with E-state index in [1.807, 2.05) is 11.8 Å². The Hall–Kier alpha value is -1.92. The van der Waals surface area contributed by atoms with Crippen molar-refractivity contribution in [1.82, 2.24) is 9.97 Å². The summed E-state index contributed by atoms with van der Waals surface area (Å²) in [4.78, 5) is 19.9. The van der Waals surface area contributed by atoms with Gasteiger partial charge >= 0.3 is 5.69 Å². The Balaban J connectivity index is 2.36. The molecular formula is C10H15N5O2. The molecule has 0 bridgehead atoms. The van der Waals surface area contributed by atoms with Crippen molar-refractivity contribution in [2.75, 3.05) is 17.7 Å². The molecule has 1 aliphatic carbocycles. The minimum atomic E-state index is -0.527. The van der Waals surface area contributed by atoms with E-state index in [0.717, 1.165) is 0 Å². The molecule has 1 unspecified atom stereocenters. The fourth-order valence-corrected chi connectivity index (χ4v) is 1.90. The van der Waals surface area contributed by atoms with Crippen molar-refractivity contribution in [3.05, 3.63) is 16.4 Å². The molecule has 1 aliphatic rings. The van der Waals surface area contributed by atoms with Crippen LogP contribution in [0.5, 0.6) is 0 Å². The van der Waals surface area contributed by atoms with Crippen LogP contribution in [0.25, 0.3) is 0 Å². The number of hydrogen-bond acceptors (Lipinski definition) is 6. The first-order valence-electron chi connectivity index (χ1n) is 5.50. The largest absolute Gasteiger partial charge is 0.378 e. The smallest absolute Gasteiger partial charge is 0.353 e. The number of anilines is 2. The maximum Gasteiger partial charge on any atom is 0.353 e. The number of nitrogens with two attached hydrogens (primary N) is 1. The van der Waals surface area contributed by atoms with Crippen molar-refractivity contribution in [3.8, 4) is 0 Å². The molecule has 0 amide bonds. The average molecular weight is 237 g/mol. The SMILES string of the molecule is CC(C1CC1)N(C)c1ncnc(N)c1[N+](=O)[O-]. The van der Waals surface area contributed by atoms with Crippen LogP contribution >= 0.6 is 0 Å². The molecule has 7 nitrogen and oxygen atoms in total. The quantitative estimate of drug-likeness (QED) is 0.624. The summed E-state index contributed by atoms with van der Waals surface area (Å²) in [5, 5.41) is 11.0. The lowest BCUT2D eigenvalue weighted by Crippen LogP contribution is -2.32. The first-order valence-corrected chi connectivity index (χ1v) is 5.50. The van der Waals surface area contributed by atoms with Crippen LogP contribution < -0.4 is 10.6 Å². The summed E-state index contributed by atoms with van der Waals surface area (Å²) in [6.07, 6.45) is 3.59. The monoisotopic (exact) mass is 237 g/mol. The lowest BCUT2D eigenvalue weighted by molar-refractivity contribution is -0.383. The second-order valence-electron chi connectivity index (χ2n) is 4.38. The van der Waals surface area contributed by atoms with Crippen LogP contribution in [0.1, 0.15) is 19.8 Å². The third kappa shape index (κ3) is 2.13. The van der Waals surface area contributed by atoms with Crippen LogP contribution in [0.15, 0.2) is 6.33 Å². The predicted octanol–water partition coefficient (Wildman–Crippen LogP) is 1.20. The van der Waals surface area contributed by atoms with E-state index in [1.54, 1.807) is 7.05 Å². The highest BCUT2D eigenvalue weighted by atomic mass is 16.6. The highest BCUT2D eigenvalue weighted by Gasteiger charge is 2.34. The Morgan fingerprint density at radius 1 is 1.59 bits per heavy atom. The van der Waals surface area contributed by atoms with Crippen LogP contribution in [-0.2, 0) is 0 Å². The summed E-state index contributed by atoms with van der Waals surface area (Å²) in [6, 6.07) is 0.225. The molecule has 92 valence electrons. The van der Waals surface area contributed by atoms with E-state index in [2.05, 4.69) is 9.97 Å². The maximum absolute atomic E-state index is 11.0. The van der Waals surface area contributed by atoms with Gasteiger partial charge < -0.3 is 10.6 Å². The van der Waals surface area contributed by atoms with Crippen molar-refractivity contribution in [1.29, 1.82) is 0 Å². The fraction of sp³-hybridized carbons (Fsp3) is 0.600. The average Bonchev–Trinajstić information content (AvgIpc) is 3.10. The van der Waals surface area contributed by atoms with Gasteiger partial charge in [-0.15, -0.1) is 0 Å². The normalized spacial score (nSPS) is 16.6. The number of aromatic nitrogens is 2. The number of nitro groups is 1. The lowest BCUT2D eigenvalue weighted by atomic mass is 10.2. The molecule has 0 aliphatic heterocycles. The Labute approximate surface area is 98.8 Å². The van der Waals surface area contributed by atoms with E-state index >= 15 is 0 Å². The summed E-state index contributed by atoms with van der Waals surface area (Å²) < 4.78 is 0. The van der Waals surface area contributed by atoms with E-state index in [-0.39, 0.29) is 17.5 Å². The van der Waals surface area contributed by atoms with Gasteiger partial charge in [0.1, 0.15) is 6.33 Å². The molecule has 0 aromatic carbocycles. The van der Waals surface area contributed by atoms with E-state index in [0.29, 0.717) is 11.7 Å². The lowest BCUT2D eigenvalue weighted by Gasteiger charge is -2.25. The molecule has 1 aromatic heterocycles. The van der Waals surface area contributed by atoms with Crippen LogP contribution in [0, 0.1) is 16.0 Å². The van der Waals surface area contributed by atoms with Crippen LogP contribution in [0.4, 0.5) is 17.3 Å². The molecule has 1 fully saturated rings. The minimum absolute atomic E-state index is 0.0881. The molecule has 2 rings (SSSR count). The zero-order valence-electron chi connectivity index (χ0n) is 9.83. The number of nitrogens with zero attached hydrogens (tertiary/aromatic N) is 4. The highest BCUT2D eigenvalue weighted by molar-refractivity contribution is 5.68. The Kier molecular flexibility index (Phi) is 2.83. The zero-order valence-corrected chi connectivity index (χ0v) is 9.83. The summed E-state index contributed by atoms with van der Waals surface area (Å²) in [6.45, 7) is 2.04. The molecule has 1 saturated carbocycles. The Morgan fingerprint density at radius 3 is 2.76 bits per heavy atom. The van der Waals surface area contributed by atoms with Crippen molar-refractivity contribution < 1.29 is 4.92 Å². The molecule has 7 heteroatoms.